The number of carbonyl (C=O) groups excluding carboxylic acids is 2. The maximum Gasteiger partial charge on any atom is 0.409 e. The van der Waals surface area contributed by atoms with E-state index in [1.54, 1.807) is 4.90 Å². The lowest BCUT2D eigenvalue weighted by Gasteiger charge is -2.29. The summed E-state index contributed by atoms with van der Waals surface area (Å²) in [6, 6.07) is 0. The summed E-state index contributed by atoms with van der Waals surface area (Å²) in [5, 5.41) is 0. The Hall–Kier alpha value is -1.26. The fourth-order valence-electron chi connectivity index (χ4n) is 4.01. The molecule has 0 aromatic heterocycles. The van der Waals surface area contributed by atoms with Gasteiger partial charge in [0.05, 0.1) is 19.6 Å². The first-order valence-corrected chi connectivity index (χ1v) is 12.2. The van der Waals surface area contributed by atoms with E-state index in [1.165, 1.54) is 84.2 Å². The molecule has 0 atom stereocenters. The zero-order valence-electron chi connectivity index (χ0n) is 19.1. The number of nitrogens with zero attached hydrogens (tertiary/aromatic N) is 1. The van der Waals surface area contributed by atoms with Gasteiger partial charge in [0.2, 0.25) is 0 Å². The molecule has 1 amide bonds. The molecule has 0 radical (unpaired) electrons. The Labute approximate surface area is 178 Å². The van der Waals surface area contributed by atoms with Crippen LogP contribution in [0, 0.1) is 5.92 Å². The molecule has 1 saturated heterocycles. The van der Waals surface area contributed by atoms with E-state index < -0.39 is 0 Å². The third-order valence-electron chi connectivity index (χ3n) is 6.00. The van der Waals surface area contributed by atoms with Crippen molar-refractivity contribution < 1.29 is 19.1 Å². The summed E-state index contributed by atoms with van der Waals surface area (Å²) >= 11 is 0. The van der Waals surface area contributed by atoms with Crippen molar-refractivity contribution in [3.05, 3.63) is 0 Å². The molecule has 29 heavy (non-hydrogen) atoms. The van der Waals surface area contributed by atoms with Gasteiger partial charge in [-0.3, -0.25) is 4.79 Å². The minimum Gasteiger partial charge on any atom is -0.465 e. The van der Waals surface area contributed by atoms with Crippen LogP contribution in [0.3, 0.4) is 0 Å². The van der Waals surface area contributed by atoms with Gasteiger partial charge in [-0.15, -0.1) is 0 Å². The number of ether oxygens (including phenoxy) is 2. The number of unbranched alkanes of at least 4 members (excludes halogenated alkanes) is 13. The third-order valence-corrected chi connectivity index (χ3v) is 6.00. The van der Waals surface area contributed by atoms with Gasteiger partial charge in [0.25, 0.3) is 0 Å². The summed E-state index contributed by atoms with van der Waals surface area (Å²) in [6.45, 7) is 3.96. The molecule has 0 saturated carbocycles. The molecule has 170 valence electrons. The second-order valence-electron chi connectivity index (χ2n) is 8.50. The molecular weight excluding hydrogens is 366 g/mol. The van der Waals surface area contributed by atoms with E-state index in [0.717, 1.165) is 12.8 Å². The topological polar surface area (TPSA) is 55.8 Å². The molecule has 0 bridgehead atoms. The normalized spacial score (nSPS) is 14.8. The van der Waals surface area contributed by atoms with Gasteiger partial charge in [-0.2, -0.15) is 0 Å². The quantitative estimate of drug-likeness (QED) is 0.215. The van der Waals surface area contributed by atoms with Crippen LogP contribution in [0.2, 0.25) is 0 Å². The van der Waals surface area contributed by atoms with Gasteiger partial charge in [-0.1, -0.05) is 90.4 Å². The summed E-state index contributed by atoms with van der Waals surface area (Å²) in [5.74, 6) is -0.160. The number of piperidine rings is 1. The SMILES string of the molecule is CCCCCCCCCCCCCCCCOC(=O)C1CCN(C(=O)OC)CC1. The number of hydrogen-bond donors (Lipinski definition) is 0. The fourth-order valence-corrected chi connectivity index (χ4v) is 4.01. The molecule has 1 rings (SSSR count). The van der Waals surface area contributed by atoms with Gasteiger partial charge in [0.15, 0.2) is 0 Å². The number of likely N-dealkylation sites (tertiary alicyclic amines) is 1. The average molecular weight is 412 g/mol. The van der Waals surface area contributed by atoms with Crippen molar-refractivity contribution in [2.45, 2.75) is 110 Å². The predicted molar refractivity (Wildman–Crippen MR) is 118 cm³/mol. The van der Waals surface area contributed by atoms with E-state index >= 15 is 0 Å². The van der Waals surface area contributed by atoms with E-state index in [4.69, 9.17) is 9.47 Å². The summed E-state index contributed by atoms with van der Waals surface area (Å²) < 4.78 is 10.2. The van der Waals surface area contributed by atoms with Gasteiger partial charge < -0.3 is 14.4 Å². The van der Waals surface area contributed by atoms with Crippen LogP contribution in [-0.4, -0.2) is 43.8 Å². The summed E-state index contributed by atoms with van der Waals surface area (Å²) in [7, 11) is 1.39. The van der Waals surface area contributed by atoms with Crippen molar-refractivity contribution in [3.8, 4) is 0 Å². The fraction of sp³-hybridized carbons (Fsp3) is 0.917. The highest BCUT2D eigenvalue weighted by molar-refractivity contribution is 5.73. The van der Waals surface area contributed by atoms with E-state index in [9.17, 15) is 9.59 Å². The number of methoxy groups -OCH3 is 1. The lowest BCUT2D eigenvalue weighted by molar-refractivity contribution is -0.150. The van der Waals surface area contributed by atoms with Gasteiger partial charge in [-0.25, -0.2) is 4.79 Å². The summed E-state index contributed by atoms with van der Waals surface area (Å²) in [6.07, 6.45) is 19.6. The molecule has 0 N–H and O–H groups in total. The number of carbonyl (C=O) groups is 2. The maximum absolute atomic E-state index is 12.1. The molecule has 0 aromatic rings. The molecule has 5 heteroatoms. The number of amides is 1. The molecule has 1 aliphatic rings. The first-order chi connectivity index (χ1) is 14.2. The van der Waals surface area contributed by atoms with Crippen molar-refractivity contribution in [1.82, 2.24) is 4.90 Å². The first-order valence-electron chi connectivity index (χ1n) is 12.2. The van der Waals surface area contributed by atoms with Crippen LogP contribution in [0.15, 0.2) is 0 Å². The highest BCUT2D eigenvalue weighted by atomic mass is 16.5. The van der Waals surface area contributed by atoms with Crippen molar-refractivity contribution in [2.75, 3.05) is 26.8 Å². The van der Waals surface area contributed by atoms with Gasteiger partial charge >= 0.3 is 12.1 Å². The van der Waals surface area contributed by atoms with E-state index in [1.807, 2.05) is 0 Å². The highest BCUT2D eigenvalue weighted by Crippen LogP contribution is 2.19. The van der Waals surface area contributed by atoms with Crippen LogP contribution in [0.25, 0.3) is 0 Å². The van der Waals surface area contributed by atoms with Crippen LogP contribution in [0.4, 0.5) is 4.79 Å². The number of rotatable bonds is 16. The monoisotopic (exact) mass is 411 g/mol. The molecule has 1 heterocycles. The average Bonchev–Trinajstić information content (AvgIpc) is 2.75. The predicted octanol–water partition coefficient (Wildman–Crippen LogP) is 6.49. The molecule has 0 aromatic carbocycles. The van der Waals surface area contributed by atoms with Crippen LogP contribution < -0.4 is 0 Å². The largest absolute Gasteiger partial charge is 0.465 e. The van der Waals surface area contributed by atoms with Crippen LogP contribution in [0.5, 0.6) is 0 Å². The summed E-state index contributed by atoms with van der Waals surface area (Å²) in [5.41, 5.74) is 0. The van der Waals surface area contributed by atoms with Crippen molar-refractivity contribution in [1.29, 1.82) is 0 Å². The summed E-state index contributed by atoms with van der Waals surface area (Å²) in [4.78, 5) is 25.2. The maximum atomic E-state index is 12.1. The van der Waals surface area contributed by atoms with Gasteiger partial charge in [-0.05, 0) is 19.3 Å². The van der Waals surface area contributed by atoms with Crippen molar-refractivity contribution in [3.63, 3.8) is 0 Å². The molecule has 5 nitrogen and oxygen atoms in total. The Balaban J connectivity index is 1.84. The Morgan fingerprint density at radius 2 is 1.21 bits per heavy atom. The third kappa shape index (κ3) is 12.8. The highest BCUT2D eigenvalue weighted by Gasteiger charge is 2.28. The Kier molecular flexibility index (Phi) is 15.6. The zero-order valence-corrected chi connectivity index (χ0v) is 19.1. The molecule has 0 unspecified atom stereocenters. The molecule has 1 aliphatic heterocycles. The van der Waals surface area contributed by atoms with Gasteiger partial charge in [0, 0.05) is 13.1 Å². The van der Waals surface area contributed by atoms with E-state index in [-0.39, 0.29) is 18.0 Å². The van der Waals surface area contributed by atoms with Crippen LogP contribution >= 0.6 is 0 Å². The van der Waals surface area contributed by atoms with Crippen molar-refractivity contribution in [2.24, 2.45) is 5.92 Å². The molecule has 0 spiro atoms. The molecule has 1 fully saturated rings. The second-order valence-corrected chi connectivity index (χ2v) is 8.50. The van der Waals surface area contributed by atoms with Gasteiger partial charge in [0.1, 0.15) is 0 Å². The Bertz CT molecular complexity index is 419. The van der Waals surface area contributed by atoms with Crippen LogP contribution in [0.1, 0.15) is 110 Å². The zero-order chi connectivity index (χ0) is 21.2. The standard InChI is InChI=1S/C24H45NO4/c1-3-4-5-6-7-8-9-10-11-12-13-14-15-16-21-29-23(26)22-17-19-25(20-18-22)24(27)28-2/h22H,3-21H2,1-2H3. The lowest BCUT2D eigenvalue weighted by Crippen LogP contribution is -2.40. The minimum absolute atomic E-state index is 0.0671. The first kappa shape index (κ1) is 25.8. The second kappa shape index (κ2) is 17.6. The lowest BCUT2D eigenvalue weighted by atomic mass is 9.97. The van der Waals surface area contributed by atoms with E-state index in [2.05, 4.69) is 6.92 Å². The number of esters is 1. The number of hydrogen-bond acceptors (Lipinski definition) is 4. The van der Waals surface area contributed by atoms with E-state index in [0.29, 0.717) is 32.5 Å². The van der Waals surface area contributed by atoms with Crippen LogP contribution in [-0.2, 0) is 14.3 Å². The molecule has 0 aliphatic carbocycles. The Morgan fingerprint density at radius 3 is 1.66 bits per heavy atom. The molecular formula is C24H45NO4. The van der Waals surface area contributed by atoms with Crippen molar-refractivity contribution >= 4 is 12.1 Å². The Morgan fingerprint density at radius 1 is 0.759 bits per heavy atom. The minimum atomic E-state index is -0.306. The smallest absolute Gasteiger partial charge is 0.409 e.